The Morgan fingerprint density at radius 1 is 1.29 bits per heavy atom. The number of carbonyl (C=O) groups is 1. The van der Waals surface area contributed by atoms with Gasteiger partial charge in [-0.05, 0) is 12.1 Å². The van der Waals surface area contributed by atoms with Crippen LogP contribution in [0.3, 0.4) is 0 Å². The summed E-state index contributed by atoms with van der Waals surface area (Å²) in [6.07, 6.45) is -5.05. The average molecular weight is 255 g/mol. The van der Waals surface area contributed by atoms with Crippen molar-refractivity contribution < 1.29 is 31.5 Å². The summed E-state index contributed by atoms with van der Waals surface area (Å²) in [6, 6.07) is 2.30. The molecule has 1 aromatic heterocycles. The third-order valence-corrected chi connectivity index (χ3v) is 1.85. The zero-order valence-corrected chi connectivity index (χ0v) is 8.39. The largest absolute Gasteiger partial charge is 0.494 e. The second kappa shape index (κ2) is 4.27. The van der Waals surface area contributed by atoms with Gasteiger partial charge in [-0.25, -0.2) is 4.98 Å². The fourth-order valence-corrected chi connectivity index (χ4v) is 1.00. The molecule has 0 unspecified atom stereocenters. The lowest BCUT2D eigenvalue weighted by Crippen LogP contribution is -2.44. The van der Waals surface area contributed by atoms with Gasteiger partial charge in [0.25, 0.3) is 5.78 Å². The van der Waals surface area contributed by atoms with Gasteiger partial charge in [-0.2, -0.15) is 22.0 Å². The lowest BCUT2D eigenvalue weighted by molar-refractivity contribution is -0.255. The molecule has 1 aromatic rings. The number of hydrogen-bond donors (Lipinski definition) is 0. The Morgan fingerprint density at radius 3 is 2.35 bits per heavy atom. The first-order valence-corrected chi connectivity index (χ1v) is 4.20. The number of nitrogens with zero attached hydrogens (tertiary/aromatic N) is 1. The monoisotopic (exact) mass is 255 g/mol. The summed E-state index contributed by atoms with van der Waals surface area (Å²) in [7, 11) is 1.03. The summed E-state index contributed by atoms with van der Waals surface area (Å²) in [6.45, 7) is 0. The van der Waals surface area contributed by atoms with Crippen molar-refractivity contribution >= 4 is 5.78 Å². The molecule has 0 radical (unpaired) electrons. The van der Waals surface area contributed by atoms with Crippen molar-refractivity contribution in [1.29, 1.82) is 0 Å². The number of halogens is 5. The maximum Gasteiger partial charge on any atom is 0.461 e. The molecule has 1 heterocycles. The van der Waals surface area contributed by atoms with Crippen molar-refractivity contribution in [3.8, 4) is 5.75 Å². The second-order valence-corrected chi connectivity index (χ2v) is 2.96. The van der Waals surface area contributed by atoms with E-state index in [2.05, 4.69) is 9.72 Å². The zero-order valence-electron chi connectivity index (χ0n) is 8.39. The number of ether oxygens (including phenoxy) is 1. The summed E-state index contributed by atoms with van der Waals surface area (Å²) < 4.78 is 65.9. The molecule has 0 spiro atoms. The number of Topliss-reactive ketones (excluding diaryl/α,β-unsaturated/α-hetero) is 1. The molecule has 0 saturated heterocycles. The van der Waals surface area contributed by atoms with Gasteiger partial charge < -0.3 is 4.74 Å². The van der Waals surface area contributed by atoms with Crippen LogP contribution in [0.5, 0.6) is 5.75 Å². The highest BCUT2D eigenvalue weighted by Gasteiger charge is 2.64. The van der Waals surface area contributed by atoms with Gasteiger partial charge in [-0.1, -0.05) is 0 Å². The van der Waals surface area contributed by atoms with E-state index in [1.165, 1.54) is 6.07 Å². The summed E-state index contributed by atoms with van der Waals surface area (Å²) in [5.74, 6) is -8.38. The Labute approximate surface area is 92.2 Å². The molecule has 0 bridgehead atoms. The highest BCUT2D eigenvalue weighted by Crippen LogP contribution is 2.38. The number of hydrogen-bond acceptors (Lipinski definition) is 3. The Kier molecular flexibility index (Phi) is 3.35. The number of rotatable bonds is 3. The van der Waals surface area contributed by atoms with Gasteiger partial charge in [0.1, 0.15) is 5.75 Å². The van der Waals surface area contributed by atoms with Crippen LogP contribution in [0.1, 0.15) is 10.5 Å². The number of aromatic nitrogens is 1. The number of carbonyl (C=O) groups excluding carboxylic acids is 1. The van der Waals surface area contributed by atoms with Crippen LogP contribution in [-0.4, -0.2) is 30.0 Å². The van der Waals surface area contributed by atoms with Gasteiger partial charge in [0.2, 0.25) is 0 Å². The molecule has 0 N–H and O–H groups in total. The van der Waals surface area contributed by atoms with Crippen LogP contribution in [0.15, 0.2) is 18.3 Å². The van der Waals surface area contributed by atoms with Gasteiger partial charge in [0.15, 0.2) is 5.69 Å². The van der Waals surface area contributed by atoms with E-state index in [9.17, 15) is 26.7 Å². The molecular formula is C9H6F5NO2. The molecular weight excluding hydrogens is 249 g/mol. The van der Waals surface area contributed by atoms with E-state index in [4.69, 9.17) is 0 Å². The molecule has 0 aliphatic heterocycles. The van der Waals surface area contributed by atoms with Crippen LogP contribution >= 0.6 is 0 Å². The third kappa shape index (κ3) is 2.34. The third-order valence-electron chi connectivity index (χ3n) is 1.85. The summed E-state index contributed by atoms with van der Waals surface area (Å²) in [5, 5.41) is 0. The first kappa shape index (κ1) is 13.3. The molecule has 17 heavy (non-hydrogen) atoms. The summed E-state index contributed by atoms with van der Waals surface area (Å²) >= 11 is 0. The molecule has 0 aliphatic carbocycles. The Bertz CT molecular complexity index is 430. The highest BCUT2D eigenvalue weighted by molar-refractivity contribution is 6.02. The van der Waals surface area contributed by atoms with Gasteiger partial charge in [0, 0.05) is 6.20 Å². The van der Waals surface area contributed by atoms with Gasteiger partial charge in [0.05, 0.1) is 7.11 Å². The predicted octanol–water partition coefficient (Wildman–Crippen LogP) is 2.47. The number of ketones is 1. The normalized spacial score (nSPS) is 12.4. The Balaban J connectivity index is 3.22. The van der Waals surface area contributed by atoms with Crippen LogP contribution in [0, 0.1) is 0 Å². The smallest absolute Gasteiger partial charge is 0.461 e. The van der Waals surface area contributed by atoms with E-state index in [1.54, 1.807) is 0 Å². The molecule has 8 heteroatoms. The molecule has 0 aliphatic rings. The van der Waals surface area contributed by atoms with Gasteiger partial charge in [-0.3, -0.25) is 4.79 Å². The first-order valence-electron chi connectivity index (χ1n) is 4.20. The minimum atomic E-state index is -5.97. The van der Waals surface area contributed by atoms with Gasteiger partial charge >= 0.3 is 12.1 Å². The zero-order chi connectivity index (χ0) is 13.3. The molecule has 94 valence electrons. The Morgan fingerprint density at radius 2 is 1.88 bits per heavy atom. The molecule has 0 aromatic carbocycles. The van der Waals surface area contributed by atoms with Crippen LogP contribution in [0.2, 0.25) is 0 Å². The lowest BCUT2D eigenvalue weighted by Gasteiger charge is -2.18. The van der Waals surface area contributed by atoms with Crippen molar-refractivity contribution in [3.05, 3.63) is 24.0 Å². The van der Waals surface area contributed by atoms with Crippen molar-refractivity contribution in [2.45, 2.75) is 12.1 Å². The van der Waals surface area contributed by atoms with E-state index >= 15 is 0 Å². The highest BCUT2D eigenvalue weighted by atomic mass is 19.4. The van der Waals surface area contributed by atoms with Crippen molar-refractivity contribution in [1.82, 2.24) is 4.98 Å². The quantitative estimate of drug-likeness (QED) is 0.615. The fraction of sp³-hybridized carbons (Fsp3) is 0.333. The number of methoxy groups -OCH3 is 1. The standard InChI is InChI=1S/C9H6F5NO2/c1-17-5-3-2-4-15-6(5)7(16)8(10,11)9(12,13)14/h2-4H,1H3. The molecule has 3 nitrogen and oxygen atoms in total. The van der Waals surface area contributed by atoms with Crippen LogP contribution < -0.4 is 4.74 Å². The van der Waals surface area contributed by atoms with Crippen LogP contribution in [-0.2, 0) is 0 Å². The maximum absolute atomic E-state index is 12.8. The van der Waals surface area contributed by atoms with E-state index in [0.717, 1.165) is 19.4 Å². The molecule has 0 atom stereocenters. The van der Waals surface area contributed by atoms with Crippen molar-refractivity contribution in [2.75, 3.05) is 7.11 Å². The predicted molar refractivity (Wildman–Crippen MR) is 46.1 cm³/mol. The Hall–Kier alpha value is -1.73. The van der Waals surface area contributed by atoms with Gasteiger partial charge in [-0.15, -0.1) is 0 Å². The number of pyridine rings is 1. The van der Waals surface area contributed by atoms with Crippen LogP contribution in [0.25, 0.3) is 0 Å². The molecule has 0 amide bonds. The van der Waals surface area contributed by atoms with Crippen molar-refractivity contribution in [3.63, 3.8) is 0 Å². The topological polar surface area (TPSA) is 39.2 Å². The number of alkyl halides is 5. The summed E-state index contributed by atoms with van der Waals surface area (Å²) in [4.78, 5) is 14.3. The maximum atomic E-state index is 12.8. The SMILES string of the molecule is COc1cccnc1C(=O)C(F)(F)C(F)(F)F. The van der Waals surface area contributed by atoms with E-state index < -0.39 is 29.3 Å². The van der Waals surface area contributed by atoms with Crippen LogP contribution in [0.4, 0.5) is 22.0 Å². The fourth-order valence-electron chi connectivity index (χ4n) is 1.00. The van der Waals surface area contributed by atoms with Crippen molar-refractivity contribution in [2.24, 2.45) is 0 Å². The first-order chi connectivity index (χ1) is 7.71. The second-order valence-electron chi connectivity index (χ2n) is 2.96. The molecule has 0 fully saturated rings. The summed E-state index contributed by atoms with van der Waals surface area (Å²) in [5.41, 5.74) is -1.06. The average Bonchev–Trinajstić information content (AvgIpc) is 2.26. The van der Waals surface area contributed by atoms with E-state index in [0.29, 0.717) is 0 Å². The lowest BCUT2D eigenvalue weighted by atomic mass is 10.1. The van der Waals surface area contributed by atoms with E-state index in [1.807, 2.05) is 0 Å². The molecule has 0 saturated carbocycles. The minimum Gasteiger partial charge on any atom is -0.494 e. The molecule has 1 rings (SSSR count). The van der Waals surface area contributed by atoms with E-state index in [-0.39, 0.29) is 0 Å². The minimum absolute atomic E-state index is 0.443.